The van der Waals surface area contributed by atoms with E-state index in [1.54, 1.807) is 0 Å². The van der Waals surface area contributed by atoms with E-state index >= 15 is 0 Å². The fourth-order valence-electron chi connectivity index (χ4n) is 2.27. The van der Waals surface area contributed by atoms with Crippen LogP contribution in [0.15, 0.2) is 22.7 Å². The first-order valence-corrected chi connectivity index (χ1v) is 7.04. The van der Waals surface area contributed by atoms with Crippen LogP contribution in [0.3, 0.4) is 0 Å². The van der Waals surface area contributed by atoms with Gasteiger partial charge in [-0.3, -0.25) is 0 Å². The molecule has 0 N–H and O–H groups in total. The molecule has 1 nitrogen and oxygen atoms in total. The summed E-state index contributed by atoms with van der Waals surface area (Å²) >= 11 is 9.53. The molecule has 0 amide bonds. The summed E-state index contributed by atoms with van der Waals surface area (Å²) in [7, 11) is 0. The lowest BCUT2D eigenvalue weighted by atomic mass is 10.0. The van der Waals surface area contributed by atoms with Crippen molar-refractivity contribution >= 4 is 33.2 Å². The molecule has 16 heavy (non-hydrogen) atoms. The molecular formula is C13H17BrClN. The lowest BCUT2D eigenvalue weighted by molar-refractivity contribution is 0.494. The lowest BCUT2D eigenvalue weighted by Gasteiger charge is -2.21. The molecule has 1 aliphatic heterocycles. The fraction of sp³-hybridized carbons (Fsp3) is 0.538. The predicted molar refractivity (Wildman–Crippen MR) is 74.2 cm³/mol. The van der Waals surface area contributed by atoms with Crippen LogP contribution in [0.2, 0.25) is 0 Å². The molecule has 0 aliphatic carbocycles. The van der Waals surface area contributed by atoms with Gasteiger partial charge in [0.05, 0.1) is 0 Å². The molecule has 1 aromatic rings. The van der Waals surface area contributed by atoms with Crippen molar-refractivity contribution < 1.29 is 0 Å². The Morgan fingerprint density at radius 2 is 1.94 bits per heavy atom. The molecule has 0 aromatic heterocycles. The number of benzene rings is 1. The van der Waals surface area contributed by atoms with E-state index in [2.05, 4.69) is 52.9 Å². The van der Waals surface area contributed by atoms with Crippen LogP contribution in [0.25, 0.3) is 0 Å². The number of anilines is 1. The van der Waals surface area contributed by atoms with Gasteiger partial charge in [-0.2, -0.15) is 0 Å². The molecule has 2 unspecified atom stereocenters. The number of hydrogen-bond donors (Lipinski definition) is 0. The molecule has 1 aromatic carbocycles. The Morgan fingerprint density at radius 3 is 2.50 bits per heavy atom. The van der Waals surface area contributed by atoms with E-state index in [-0.39, 0.29) is 0 Å². The van der Waals surface area contributed by atoms with Crippen molar-refractivity contribution in [2.24, 2.45) is 11.8 Å². The van der Waals surface area contributed by atoms with Gasteiger partial charge in [0.1, 0.15) is 0 Å². The number of alkyl halides is 1. The van der Waals surface area contributed by atoms with Gasteiger partial charge in [-0.25, -0.2) is 0 Å². The van der Waals surface area contributed by atoms with E-state index < -0.39 is 0 Å². The largest absolute Gasteiger partial charge is 0.371 e. The zero-order valence-corrected chi connectivity index (χ0v) is 12.1. The first kappa shape index (κ1) is 12.3. The van der Waals surface area contributed by atoms with Gasteiger partial charge in [-0.15, -0.1) is 11.6 Å². The van der Waals surface area contributed by atoms with Crippen molar-refractivity contribution in [1.82, 2.24) is 0 Å². The molecule has 0 radical (unpaired) electrons. The molecule has 0 bridgehead atoms. The smallest absolute Gasteiger partial charge is 0.0494 e. The highest BCUT2D eigenvalue weighted by molar-refractivity contribution is 9.10. The van der Waals surface area contributed by atoms with Crippen molar-refractivity contribution in [3.8, 4) is 0 Å². The second-order valence-electron chi connectivity index (χ2n) is 4.77. The number of hydrogen-bond acceptors (Lipinski definition) is 1. The number of rotatable bonds is 2. The zero-order chi connectivity index (χ0) is 11.7. The monoisotopic (exact) mass is 301 g/mol. The third kappa shape index (κ3) is 2.38. The minimum Gasteiger partial charge on any atom is -0.371 e. The van der Waals surface area contributed by atoms with Crippen LogP contribution in [-0.2, 0) is 5.88 Å². The predicted octanol–water partition coefficient (Wildman–Crippen LogP) is 4.28. The molecule has 88 valence electrons. The second-order valence-corrected chi connectivity index (χ2v) is 5.95. The second kappa shape index (κ2) is 4.97. The Bertz CT molecular complexity index is 370. The summed E-state index contributed by atoms with van der Waals surface area (Å²) < 4.78 is 1.13. The topological polar surface area (TPSA) is 3.24 Å². The maximum atomic E-state index is 5.99. The molecule has 1 aliphatic rings. The highest BCUT2D eigenvalue weighted by Crippen LogP contribution is 2.32. The highest BCUT2D eigenvalue weighted by atomic mass is 79.9. The van der Waals surface area contributed by atoms with Gasteiger partial charge in [0.2, 0.25) is 0 Å². The van der Waals surface area contributed by atoms with Crippen molar-refractivity contribution in [3.63, 3.8) is 0 Å². The van der Waals surface area contributed by atoms with Crippen molar-refractivity contribution in [3.05, 3.63) is 28.2 Å². The Labute approximate surface area is 111 Å². The van der Waals surface area contributed by atoms with Gasteiger partial charge >= 0.3 is 0 Å². The molecule has 1 saturated heterocycles. The fourth-order valence-corrected chi connectivity index (χ4v) is 2.85. The molecule has 0 spiro atoms. The van der Waals surface area contributed by atoms with Crippen LogP contribution < -0.4 is 4.90 Å². The average Bonchev–Trinajstić information content (AvgIpc) is 2.59. The van der Waals surface area contributed by atoms with Gasteiger partial charge in [-0.1, -0.05) is 35.8 Å². The summed E-state index contributed by atoms with van der Waals surface area (Å²) in [5, 5.41) is 0. The van der Waals surface area contributed by atoms with Crippen molar-refractivity contribution in [2.75, 3.05) is 18.0 Å². The first-order valence-electron chi connectivity index (χ1n) is 5.71. The standard InChI is InChI=1S/C13H17BrClN/c1-9-7-16(8-10(9)2)13-5-12(14)4-3-11(13)6-15/h3-5,9-10H,6-8H2,1-2H3. The minimum atomic E-state index is 0.585. The van der Waals surface area contributed by atoms with Crippen LogP contribution in [-0.4, -0.2) is 13.1 Å². The summed E-state index contributed by atoms with van der Waals surface area (Å²) in [5.41, 5.74) is 2.52. The highest BCUT2D eigenvalue weighted by Gasteiger charge is 2.27. The van der Waals surface area contributed by atoms with Crippen molar-refractivity contribution in [1.29, 1.82) is 0 Å². The normalized spacial score (nSPS) is 25.1. The summed E-state index contributed by atoms with van der Waals surface area (Å²) in [6.45, 7) is 6.93. The summed E-state index contributed by atoms with van der Waals surface area (Å²) in [6.07, 6.45) is 0. The van der Waals surface area contributed by atoms with E-state index in [0.717, 1.165) is 29.4 Å². The lowest BCUT2D eigenvalue weighted by Crippen LogP contribution is -2.20. The molecule has 0 saturated carbocycles. The maximum Gasteiger partial charge on any atom is 0.0494 e. The number of nitrogens with zero attached hydrogens (tertiary/aromatic N) is 1. The Kier molecular flexibility index (Phi) is 3.81. The molecular weight excluding hydrogens is 286 g/mol. The SMILES string of the molecule is CC1CN(c2cc(Br)ccc2CCl)CC1C. The van der Waals surface area contributed by atoms with Gasteiger partial charge < -0.3 is 4.90 Å². The third-order valence-corrected chi connectivity index (χ3v) is 4.30. The van der Waals surface area contributed by atoms with Crippen molar-refractivity contribution in [2.45, 2.75) is 19.7 Å². The Hall–Kier alpha value is -0.210. The van der Waals surface area contributed by atoms with Crippen LogP contribution in [0, 0.1) is 11.8 Å². The molecule has 2 atom stereocenters. The van der Waals surface area contributed by atoms with Gasteiger partial charge in [0.25, 0.3) is 0 Å². The van der Waals surface area contributed by atoms with Crippen LogP contribution in [0.1, 0.15) is 19.4 Å². The van der Waals surface area contributed by atoms with E-state index in [1.807, 2.05) is 0 Å². The Morgan fingerprint density at radius 1 is 1.31 bits per heavy atom. The zero-order valence-electron chi connectivity index (χ0n) is 9.71. The summed E-state index contributed by atoms with van der Waals surface area (Å²) in [4.78, 5) is 2.46. The van der Waals surface area contributed by atoms with Gasteiger partial charge in [-0.05, 0) is 29.5 Å². The van der Waals surface area contributed by atoms with E-state index in [4.69, 9.17) is 11.6 Å². The maximum absolute atomic E-state index is 5.99. The summed E-state index contributed by atoms with van der Waals surface area (Å²) in [5.74, 6) is 2.12. The Balaban J connectivity index is 2.29. The van der Waals surface area contributed by atoms with Crippen LogP contribution in [0.5, 0.6) is 0 Å². The quantitative estimate of drug-likeness (QED) is 0.737. The first-order chi connectivity index (χ1) is 7.61. The molecule has 1 heterocycles. The van der Waals surface area contributed by atoms with E-state index in [9.17, 15) is 0 Å². The molecule has 1 fully saturated rings. The third-order valence-electron chi connectivity index (χ3n) is 3.52. The van der Waals surface area contributed by atoms with Crippen LogP contribution >= 0.6 is 27.5 Å². The average molecular weight is 303 g/mol. The molecule has 3 heteroatoms. The van der Waals surface area contributed by atoms with Gasteiger partial charge in [0.15, 0.2) is 0 Å². The number of halogens is 2. The van der Waals surface area contributed by atoms with Gasteiger partial charge in [0, 0.05) is 29.1 Å². The molecule has 2 rings (SSSR count). The van der Waals surface area contributed by atoms with E-state index in [0.29, 0.717) is 5.88 Å². The summed E-state index contributed by atoms with van der Waals surface area (Å²) in [6, 6.07) is 6.35. The van der Waals surface area contributed by atoms with E-state index in [1.165, 1.54) is 11.3 Å². The minimum absolute atomic E-state index is 0.585. The van der Waals surface area contributed by atoms with Crippen LogP contribution in [0.4, 0.5) is 5.69 Å².